The average molecular weight is 253 g/mol. The highest BCUT2D eigenvalue weighted by Gasteiger charge is 2.07. The maximum Gasteiger partial charge on any atom is 0.136 e. The first-order valence-corrected chi connectivity index (χ1v) is 4.72. The SMILES string of the molecule is [2H]c1cc2c(oc3c([2H])c([2H])c([2H])c(Br)c32)c([2H])c1[2H]. The van der Waals surface area contributed by atoms with E-state index < -0.39 is 0 Å². The largest absolute Gasteiger partial charge is 0.456 e. The number of hydrogen-bond donors (Lipinski definition) is 0. The second-order valence-corrected chi connectivity index (χ2v) is 3.57. The van der Waals surface area contributed by atoms with E-state index in [-0.39, 0.29) is 47.4 Å². The van der Waals surface area contributed by atoms with Crippen LogP contribution in [0.5, 0.6) is 0 Å². The van der Waals surface area contributed by atoms with Crippen LogP contribution in [-0.4, -0.2) is 0 Å². The minimum absolute atomic E-state index is 0.0892. The Kier molecular flexibility index (Phi) is 0.830. The van der Waals surface area contributed by atoms with Crippen molar-refractivity contribution in [3.05, 3.63) is 46.8 Å². The minimum Gasteiger partial charge on any atom is -0.456 e. The number of benzene rings is 2. The van der Waals surface area contributed by atoms with Gasteiger partial charge in [0.15, 0.2) is 0 Å². The van der Waals surface area contributed by atoms with Gasteiger partial charge in [0.25, 0.3) is 0 Å². The Bertz CT molecular complexity index is 885. The lowest BCUT2D eigenvalue weighted by atomic mass is 10.2. The van der Waals surface area contributed by atoms with E-state index in [4.69, 9.17) is 12.6 Å². The van der Waals surface area contributed by atoms with Gasteiger partial charge in [-0.05, 0) is 18.1 Å². The smallest absolute Gasteiger partial charge is 0.136 e. The predicted octanol–water partition coefficient (Wildman–Crippen LogP) is 4.35. The summed E-state index contributed by atoms with van der Waals surface area (Å²) in [7, 11) is 0. The summed E-state index contributed by atoms with van der Waals surface area (Å²) in [6.45, 7) is 0. The third kappa shape index (κ3) is 1.01. The van der Waals surface area contributed by atoms with E-state index in [1.807, 2.05) is 0 Å². The Labute approximate surface area is 97.9 Å². The highest BCUT2D eigenvalue weighted by molar-refractivity contribution is 9.10. The fourth-order valence-corrected chi connectivity index (χ4v) is 1.88. The zero-order valence-corrected chi connectivity index (χ0v) is 8.45. The van der Waals surface area contributed by atoms with E-state index >= 15 is 0 Å². The van der Waals surface area contributed by atoms with E-state index in [0.29, 0.717) is 15.2 Å². The van der Waals surface area contributed by atoms with Crippen LogP contribution in [0.1, 0.15) is 8.22 Å². The maximum absolute atomic E-state index is 7.86. The first kappa shape index (κ1) is 4.07. The van der Waals surface area contributed by atoms with Crippen LogP contribution in [0.15, 0.2) is 51.2 Å². The lowest BCUT2D eigenvalue weighted by Crippen LogP contribution is -1.67. The average Bonchev–Trinajstić information content (AvgIpc) is 2.80. The molecule has 3 rings (SSSR count). The van der Waals surface area contributed by atoms with Crippen LogP contribution >= 0.6 is 15.9 Å². The van der Waals surface area contributed by atoms with Gasteiger partial charge in [0.1, 0.15) is 11.2 Å². The number of para-hydroxylation sites is 1. The molecule has 68 valence electrons. The van der Waals surface area contributed by atoms with Gasteiger partial charge < -0.3 is 4.42 Å². The third-order valence-electron chi connectivity index (χ3n) is 1.98. The molecule has 1 nitrogen and oxygen atoms in total. The molecule has 0 fully saturated rings. The first-order chi connectivity index (χ1) is 9.34. The van der Waals surface area contributed by atoms with Gasteiger partial charge in [-0.15, -0.1) is 0 Å². The van der Waals surface area contributed by atoms with Gasteiger partial charge in [0.2, 0.25) is 0 Å². The molecule has 0 bridgehead atoms. The summed E-state index contributed by atoms with van der Waals surface area (Å²) in [6.07, 6.45) is 0. The number of fused-ring (bicyclic) bond motifs is 3. The Morgan fingerprint density at radius 1 is 1.07 bits per heavy atom. The molecule has 0 atom stereocenters. The van der Waals surface area contributed by atoms with Crippen molar-refractivity contribution < 1.29 is 12.6 Å². The van der Waals surface area contributed by atoms with Crippen LogP contribution in [0.25, 0.3) is 21.9 Å². The molecule has 0 amide bonds. The van der Waals surface area contributed by atoms with Crippen LogP contribution in [-0.2, 0) is 0 Å². The van der Waals surface area contributed by atoms with Gasteiger partial charge in [-0.3, -0.25) is 0 Å². The van der Waals surface area contributed by atoms with Crippen molar-refractivity contribution in [3.63, 3.8) is 0 Å². The van der Waals surface area contributed by atoms with E-state index in [0.717, 1.165) is 0 Å². The molecule has 3 aromatic rings. The summed E-state index contributed by atoms with van der Waals surface area (Å²) >= 11 is 3.21. The van der Waals surface area contributed by atoms with E-state index in [9.17, 15) is 0 Å². The Hall–Kier alpha value is -1.28. The topological polar surface area (TPSA) is 13.1 Å². The number of halogens is 1. The molecule has 0 radical (unpaired) electrons. The number of furan rings is 1. The van der Waals surface area contributed by atoms with Gasteiger partial charge in [-0.25, -0.2) is 0 Å². The summed E-state index contributed by atoms with van der Waals surface area (Å²) in [5.41, 5.74) is 0.187. The van der Waals surface area contributed by atoms with Gasteiger partial charge in [-0.2, -0.15) is 0 Å². The molecule has 0 N–H and O–H groups in total. The van der Waals surface area contributed by atoms with Crippen molar-refractivity contribution in [1.29, 1.82) is 0 Å². The van der Waals surface area contributed by atoms with Gasteiger partial charge in [0, 0.05) is 15.2 Å². The van der Waals surface area contributed by atoms with Gasteiger partial charge >= 0.3 is 0 Å². The quantitative estimate of drug-likeness (QED) is 0.580. The Morgan fingerprint density at radius 3 is 2.86 bits per heavy atom. The second kappa shape index (κ2) is 2.85. The molecule has 14 heavy (non-hydrogen) atoms. The molecule has 0 aliphatic carbocycles. The molecule has 2 aromatic carbocycles. The Balaban J connectivity index is 2.67. The number of hydrogen-bond acceptors (Lipinski definition) is 1. The fraction of sp³-hybridized carbons (Fsp3) is 0. The van der Waals surface area contributed by atoms with Crippen molar-refractivity contribution in [1.82, 2.24) is 0 Å². The summed E-state index contributed by atoms with van der Waals surface area (Å²) < 4.78 is 52.2. The van der Waals surface area contributed by atoms with Crippen LogP contribution in [0.4, 0.5) is 0 Å². The molecule has 0 aliphatic heterocycles. The molecule has 0 unspecified atom stereocenters. The molecular formula is C12H7BrO. The maximum atomic E-state index is 7.86. The van der Waals surface area contributed by atoms with E-state index in [1.165, 1.54) is 6.07 Å². The molecule has 1 aromatic heterocycles. The minimum atomic E-state index is -0.271. The normalized spacial score (nSPS) is 17.2. The van der Waals surface area contributed by atoms with Crippen molar-refractivity contribution in [2.75, 3.05) is 0 Å². The molecule has 0 spiro atoms. The van der Waals surface area contributed by atoms with Gasteiger partial charge in [-0.1, -0.05) is 40.1 Å². The van der Waals surface area contributed by atoms with E-state index in [1.54, 1.807) is 0 Å². The zero-order valence-electron chi connectivity index (χ0n) is 12.9. The van der Waals surface area contributed by atoms with E-state index in [2.05, 4.69) is 15.9 Å². The van der Waals surface area contributed by atoms with Crippen molar-refractivity contribution >= 4 is 37.9 Å². The lowest BCUT2D eigenvalue weighted by molar-refractivity contribution is 0.669. The summed E-state index contributed by atoms with van der Waals surface area (Å²) in [6, 6.07) is 0.135. The lowest BCUT2D eigenvalue weighted by Gasteiger charge is -1.91. The number of rotatable bonds is 0. The molecule has 0 saturated heterocycles. The molecule has 0 saturated carbocycles. The summed E-state index contributed by atoms with van der Waals surface area (Å²) in [5, 5.41) is 0.799. The highest BCUT2D eigenvalue weighted by atomic mass is 79.9. The van der Waals surface area contributed by atoms with Crippen molar-refractivity contribution in [2.24, 2.45) is 0 Å². The fourth-order valence-electron chi connectivity index (χ4n) is 1.39. The van der Waals surface area contributed by atoms with Crippen LogP contribution in [0.3, 0.4) is 0 Å². The molecule has 1 heterocycles. The highest BCUT2D eigenvalue weighted by Crippen LogP contribution is 2.33. The summed E-state index contributed by atoms with van der Waals surface area (Å²) in [4.78, 5) is 0. The Morgan fingerprint density at radius 2 is 1.93 bits per heavy atom. The second-order valence-electron chi connectivity index (χ2n) is 2.78. The van der Waals surface area contributed by atoms with Crippen LogP contribution in [0.2, 0.25) is 0 Å². The van der Waals surface area contributed by atoms with Crippen molar-refractivity contribution in [2.45, 2.75) is 0 Å². The molecule has 2 heteroatoms. The molecule has 0 aliphatic rings. The van der Waals surface area contributed by atoms with Crippen LogP contribution < -0.4 is 0 Å². The first-order valence-electron chi connectivity index (χ1n) is 6.92. The molecular weight excluding hydrogens is 240 g/mol. The third-order valence-corrected chi connectivity index (χ3v) is 2.57. The van der Waals surface area contributed by atoms with Crippen LogP contribution in [0, 0.1) is 0 Å². The summed E-state index contributed by atoms with van der Waals surface area (Å²) in [5.74, 6) is 0. The zero-order chi connectivity index (χ0) is 14.8. The van der Waals surface area contributed by atoms with Crippen molar-refractivity contribution in [3.8, 4) is 0 Å². The predicted molar refractivity (Wildman–Crippen MR) is 61.4 cm³/mol. The standard InChI is InChI=1S/C12H7BrO/c13-9-5-3-7-11-12(9)8-4-1-2-6-10(8)14-11/h1-7H/i1D,2D,3D,5D,6D,7D. The van der Waals surface area contributed by atoms with Gasteiger partial charge in [0.05, 0.1) is 8.22 Å². The monoisotopic (exact) mass is 252 g/mol.